The van der Waals surface area contributed by atoms with Gasteiger partial charge in [0.05, 0.1) is 23.5 Å². The fourth-order valence-electron chi connectivity index (χ4n) is 2.95. The predicted octanol–water partition coefficient (Wildman–Crippen LogP) is 4.49. The lowest BCUT2D eigenvalue weighted by Crippen LogP contribution is -2.25. The number of aromatic nitrogens is 1. The molecule has 0 saturated carbocycles. The summed E-state index contributed by atoms with van der Waals surface area (Å²) in [6.07, 6.45) is 6.60. The molecule has 24 heavy (non-hydrogen) atoms. The van der Waals surface area contributed by atoms with Crippen LogP contribution >= 0.6 is 22.9 Å². The van der Waals surface area contributed by atoms with E-state index in [4.69, 9.17) is 11.6 Å². The molecule has 7 heteroatoms. The van der Waals surface area contributed by atoms with Gasteiger partial charge in [0.25, 0.3) is 0 Å². The summed E-state index contributed by atoms with van der Waals surface area (Å²) in [6, 6.07) is 5.30. The molecule has 5 nitrogen and oxygen atoms in total. The molecule has 2 N–H and O–H groups in total. The summed E-state index contributed by atoms with van der Waals surface area (Å²) in [4.78, 5) is 18.7. The van der Waals surface area contributed by atoms with Crippen molar-refractivity contribution in [2.75, 3.05) is 23.3 Å². The molecule has 1 aliphatic rings. The van der Waals surface area contributed by atoms with E-state index in [1.54, 1.807) is 18.3 Å². The van der Waals surface area contributed by atoms with Crippen LogP contribution in [0.5, 0.6) is 0 Å². The van der Waals surface area contributed by atoms with Crippen molar-refractivity contribution in [3.05, 3.63) is 39.3 Å². The van der Waals surface area contributed by atoms with Crippen LogP contribution in [0.25, 0.3) is 0 Å². The van der Waals surface area contributed by atoms with Crippen LogP contribution in [-0.2, 0) is 6.54 Å². The van der Waals surface area contributed by atoms with Gasteiger partial charge in [-0.2, -0.15) is 0 Å². The van der Waals surface area contributed by atoms with E-state index in [-0.39, 0.29) is 0 Å². The quantitative estimate of drug-likeness (QED) is 0.817. The van der Waals surface area contributed by atoms with Crippen LogP contribution < -0.4 is 10.2 Å². The molecule has 0 spiro atoms. The molecular formula is C17H20ClN3O2S. The normalized spacial score (nSPS) is 15.1. The van der Waals surface area contributed by atoms with Gasteiger partial charge in [0.1, 0.15) is 0 Å². The number of rotatable bonds is 5. The maximum Gasteiger partial charge on any atom is 0.335 e. The number of nitrogens with one attached hydrogen (secondary N) is 1. The Labute approximate surface area is 150 Å². The van der Waals surface area contributed by atoms with Crippen molar-refractivity contribution in [2.45, 2.75) is 32.2 Å². The first-order valence-electron chi connectivity index (χ1n) is 8.10. The van der Waals surface area contributed by atoms with E-state index in [1.807, 2.05) is 6.07 Å². The predicted molar refractivity (Wildman–Crippen MR) is 98.5 cm³/mol. The Morgan fingerprint density at radius 1 is 1.29 bits per heavy atom. The summed E-state index contributed by atoms with van der Waals surface area (Å²) in [5, 5.41) is 12.6. The van der Waals surface area contributed by atoms with Crippen LogP contribution in [0.2, 0.25) is 4.47 Å². The molecule has 0 unspecified atom stereocenters. The van der Waals surface area contributed by atoms with Gasteiger partial charge in [-0.3, -0.25) is 0 Å². The Hall–Kier alpha value is -1.79. The zero-order chi connectivity index (χ0) is 16.9. The molecule has 0 atom stereocenters. The summed E-state index contributed by atoms with van der Waals surface area (Å²) < 4.78 is 0.513. The maximum absolute atomic E-state index is 11.3. The number of aromatic carboxylic acids is 1. The lowest BCUT2D eigenvalue weighted by atomic mass is 10.1. The van der Waals surface area contributed by atoms with Crippen LogP contribution in [-0.4, -0.2) is 29.1 Å². The summed E-state index contributed by atoms with van der Waals surface area (Å²) in [6.45, 7) is 2.59. The van der Waals surface area contributed by atoms with E-state index in [2.05, 4.69) is 15.2 Å². The van der Waals surface area contributed by atoms with Crippen molar-refractivity contribution in [3.63, 3.8) is 0 Å². The molecule has 0 aliphatic carbocycles. The number of thiazole rings is 1. The fourth-order valence-corrected chi connectivity index (χ4v) is 3.86. The lowest BCUT2D eigenvalue weighted by Gasteiger charge is -2.26. The fraction of sp³-hybridized carbons (Fsp3) is 0.412. The van der Waals surface area contributed by atoms with Crippen LogP contribution in [0.4, 0.5) is 11.4 Å². The van der Waals surface area contributed by atoms with E-state index >= 15 is 0 Å². The molecule has 2 heterocycles. The first kappa shape index (κ1) is 17.0. The number of carbonyl (C=O) groups is 1. The Morgan fingerprint density at radius 3 is 2.67 bits per heavy atom. The minimum atomic E-state index is -0.915. The van der Waals surface area contributed by atoms with Gasteiger partial charge in [-0.25, -0.2) is 9.78 Å². The highest BCUT2D eigenvalue weighted by molar-refractivity contribution is 7.15. The van der Waals surface area contributed by atoms with Gasteiger partial charge in [-0.1, -0.05) is 24.4 Å². The topological polar surface area (TPSA) is 65.5 Å². The molecule has 128 valence electrons. The van der Waals surface area contributed by atoms with E-state index in [1.165, 1.54) is 37.0 Å². The number of hydrogen-bond acceptors (Lipinski definition) is 5. The smallest absolute Gasteiger partial charge is 0.335 e. The van der Waals surface area contributed by atoms with Gasteiger partial charge in [-0.15, -0.1) is 11.3 Å². The Balaban J connectivity index is 1.84. The first-order valence-corrected chi connectivity index (χ1v) is 9.29. The Morgan fingerprint density at radius 2 is 2.04 bits per heavy atom. The van der Waals surface area contributed by atoms with Crippen LogP contribution in [0.3, 0.4) is 0 Å². The monoisotopic (exact) mass is 365 g/mol. The zero-order valence-electron chi connectivity index (χ0n) is 13.3. The average molecular weight is 366 g/mol. The van der Waals surface area contributed by atoms with Crippen molar-refractivity contribution >= 4 is 40.3 Å². The Bertz CT molecular complexity index is 712. The van der Waals surface area contributed by atoms with Crippen LogP contribution in [0.1, 0.15) is 40.9 Å². The number of halogens is 1. The van der Waals surface area contributed by atoms with E-state index in [9.17, 15) is 9.90 Å². The highest BCUT2D eigenvalue weighted by Gasteiger charge is 2.16. The molecule has 0 amide bonds. The molecule has 1 fully saturated rings. The average Bonchev–Trinajstić information content (AvgIpc) is 2.83. The van der Waals surface area contributed by atoms with Gasteiger partial charge in [-0.05, 0) is 31.0 Å². The molecule has 1 aliphatic heterocycles. The number of benzene rings is 1. The molecule has 1 aromatic heterocycles. The zero-order valence-corrected chi connectivity index (χ0v) is 14.9. The molecule has 3 rings (SSSR count). The number of carboxylic acid groups (broad SMARTS) is 1. The third kappa shape index (κ3) is 4.19. The third-order valence-electron chi connectivity index (χ3n) is 4.17. The number of nitrogens with zero attached hydrogens (tertiary/aromatic N) is 2. The van der Waals surface area contributed by atoms with Gasteiger partial charge < -0.3 is 15.3 Å². The van der Waals surface area contributed by atoms with E-state index < -0.39 is 5.97 Å². The second-order valence-electron chi connectivity index (χ2n) is 5.87. The van der Waals surface area contributed by atoms with Gasteiger partial charge >= 0.3 is 5.97 Å². The molecule has 2 aromatic rings. The van der Waals surface area contributed by atoms with Crippen molar-refractivity contribution in [1.29, 1.82) is 0 Å². The number of hydrogen-bond donors (Lipinski definition) is 2. The number of carboxylic acids is 1. The third-order valence-corrected chi connectivity index (χ3v) is 5.28. The first-order chi connectivity index (χ1) is 11.6. The molecule has 1 aromatic carbocycles. The Kier molecular flexibility index (Phi) is 5.58. The van der Waals surface area contributed by atoms with Gasteiger partial charge in [0.2, 0.25) is 0 Å². The number of anilines is 2. The minimum absolute atomic E-state index is 0.290. The van der Waals surface area contributed by atoms with Crippen molar-refractivity contribution in [2.24, 2.45) is 0 Å². The molecule has 1 saturated heterocycles. The standard InChI is InChI=1S/C17H20ClN3O2S/c18-17-20-11-13(24-17)10-19-14-9-12(16(22)23)5-6-15(14)21-7-3-1-2-4-8-21/h5-6,9,11,19H,1-4,7-8,10H2,(H,22,23). The molecule has 0 radical (unpaired) electrons. The summed E-state index contributed by atoms with van der Waals surface area (Å²) >= 11 is 7.30. The summed E-state index contributed by atoms with van der Waals surface area (Å²) in [7, 11) is 0. The SMILES string of the molecule is O=C(O)c1ccc(N2CCCCCC2)c(NCc2cnc(Cl)s2)c1. The maximum atomic E-state index is 11.3. The van der Waals surface area contributed by atoms with Crippen LogP contribution in [0.15, 0.2) is 24.4 Å². The van der Waals surface area contributed by atoms with Crippen molar-refractivity contribution in [1.82, 2.24) is 4.98 Å². The second-order valence-corrected chi connectivity index (χ2v) is 7.57. The van der Waals surface area contributed by atoms with Gasteiger partial charge in [0, 0.05) is 24.2 Å². The van der Waals surface area contributed by atoms with E-state index in [0.717, 1.165) is 29.3 Å². The van der Waals surface area contributed by atoms with Crippen molar-refractivity contribution in [3.8, 4) is 0 Å². The van der Waals surface area contributed by atoms with Crippen LogP contribution in [0, 0.1) is 0 Å². The lowest BCUT2D eigenvalue weighted by molar-refractivity contribution is 0.0697. The highest BCUT2D eigenvalue weighted by atomic mass is 35.5. The molecular weight excluding hydrogens is 346 g/mol. The highest BCUT2D eigenvalue weighted by Crippen LogP contribution is 2.30. The van der Waals surface area contributed by atoms with E-state index in [0.29, 0.717) is 16.6 Å². The van der Waals surface area contributed by atoms with Crippen molar-refractivity contribution < 1.29 is 9.90 Å². The minimum Gasteiger partial charge on any atom is -0.478 e. The summed E-state index contributed by atoms with van der Waals surface area (Å²) in [5.41, 5.74) is 2.21. The second kappa shape index (κ2) is 7.85. The molecule has 0 bridgehead atoms. The largest absolute Gasteiger partial charge is 0.478 e. The van der Waals surface area contributed by atoms with Gasteiger partial charge in [0.15, 0.2) is 4.47 Å². The summed E-state index contributed by atoms with van der Waals surface area (Å²) in [5.74, 6) is -0.915.